The van der Waals surface area contributed by atoms with E-state index < -0.39 is 0 Å². The highest BCUT2D eigenvalue weighted by atomic mass is 16.3. The molecule has 0 aliphatic rings. The number of hydrogen-bond donors (Lipinski definition) is 1. The van der Waals surface area contributed by atoms with Crippen LogP contribution >= 0.6 is 0 Å². The van der Waals surface area contributed by atoms with Gasteiger partial charge in [-0.1, -0.05) is 30.3 Å². The minimum absolute atomic E-state index is 0.0556. The molecule has 0 saturated heterocycles. The summed E-state index contributed by atoms with van der Waals surface area (Å²) in [6, 6.07) is 12.2. The molecule has 0 saturated carbocycles. The lowest BCUT2D eigenvalue weighted by Gasteiger charge is -2.13. The maximum atomic E-state index is 12.1. The van der Waals surface area contributed by atoms with Gasteiger partial charge in [0.05, 0.1) is 5.56 Å². The number of benzene rings is 1. The van der Waals surface area contributed by atoms with Crippen molar-refractivity contribution in [2.24, 2.45) is 0 Å². The molecule has 2 rings (SSSR count). The predicted octanol–water partition coefficient (Wildman–Crippen LogP) is 3.65. The minimum Gasteiger partial charge on any atom is -0.466 e. The number of amides is 1. The van der Waals surface area contributed by atoms with Gasteiger partial charge >= 0.3 is 0 Å². The first-order valence-corrected chi connectivity index (χ1v) is 6.98. The molecule has 1 amide bonds. The Kier molecular flexibility index (Phi) is 4.61. The third-order valence-corrected chi connectivity index (χ3v) is 3.37. The van der Waals surface area contributed by atoms with Gasteiger partial charge in [0.15, 0.2) is 0 Å². The van der Waals surface area contributed by atoms with Crippen LogP contribution in [0.5, 0.6) is 0 Å². The fourth-order valence-electron chi connectivity index (χ4n) is 2.26. The van der Waals surface area contributed by atoms with Gasteiger partial charge in [-0.25, -0.2) is 0 Å². The summed E-state index contributed by atoms with van der Waals surface area (Å²) in [5.74, 6) is 1.39. The molecule has 2 aromatic rings. The Morgan fingerprint density at radius 1 is 1.25 bits per heavy atom. The van der Waals surface area contributed by atoms with Crippen LogP contribution in [-0.4, -0.2) is 11.9 Å². The number of nitrogens with one attached hydrogen (secondary N) is 1. The van der Waals surface area contributed by atoms with Gasteiger partial charge in [0, 0.05) is 6.04 Å². The van der Waals surface area contributed by atoms with E-state index in [1.165, 1.54) is 5.56 Å². The van der Waals surface area contributed by atoms with Gasteiger partial charge in [-0.05, 0) is 45.2 Å². The van der Waals surface area contributed by atoms with E-state index in [1.54, 1.807) is 6.07 Å². The molecule has 0 unspecified atom stereocenters. The molecule has 0 spiro atoms. The van der Waals surface area contributed by atoms with Crippen molar-refractivity contribution in [3.8, 4) is 0 Å². The van der Waals surface area contributed by atoms with E-state index in [0.717, 1.165) is 18.6 Å². The molecular weight excluding hydrogens is 250 g/mol. The molecule has 1 atom stereocenters. The summed E-state index contributed by atoms with van der Waals surface area (Å²) >= 11 is 0. The lowest BCUT2D eigenvalue weighted by Crippen LogP contribution is -2.33. The highest BCUT2D eigenvalue weighted by Crippen LogP contribution is 2.14. The average molecular weight is 271 g/mol. The zero-order valence-electron chi connectivity index (χ0n) is 12.3. The average Bonchev–Trinajstić information content (AvgIpc) is 2.77. The summed E-state index contributed by atoms with van der Waals surface area (Å²) < 4.78 is 5.39. The van der Waals surface area contributed by atoms with Crippen LogP contribution in [0.25, 0.3) is 0 Å². The molecule has 0 aliphatic heterocycles. The number of furan rings is 1. The summed E-state index contributed by atoms with van der Waals surface area (Å²) in [5.41, 5.74) is 1.93. The first-order valence-electron chi connectivity index (χ1n) is 6.98. The molecule has 1 aromatic heterocycles. The molecular formula is C17H21NO2. The lowest BCUT2D eigenvalue weighted by molar-refractivity contribution is 0.0937. The Morgan fingerprint density at radius 2 is 1.95 bits per heavy atom. The summed E-state index contributed by atoms with van der Waals surface area (Å²) in [5, 5.41) is 3.02. The number of rotatable bonds is 5. The third kappa shape index (κ3) is 3.73. The quantitative estimate of drug-likeness (QED) is 0.902. The van der Waals surface area contributed by atoms with E-state index in [1.807, 2.05) is 39.0 Å². The molecule has 20 heavy (non-hydrogen) atoms. The second-order valence-corrected chi connectivity index (χ2v) is 5.23. The zero-order valence-corrected chi connectivity index (χ0v) is 12.3. The van der Waals surface area contributed by atoms with Gasteiger partial charge in [0.1, 0.15) is 11.5 Å². The number of carbonyl (C=O) groups is 1. The fraction of sp³-hybridized carbons (Fsp3) is 0.353. The van der Waals surface area contributed by atoms with Crippen LogP contribution in [-0.2, 0) is 6.42 Å². The van der Waals surface area contributed by atoms with Crippen LogP contribution in [0.3, 0.4) is 0 Å². The second-order valence-electron chi connectivity index (χ2n) is 5.23. The van der Waals surface area contributed by atoms with Crippen molar-refractivity contribution >= 4 is 5.91 Å². The Bertz CT molecular complexity index is 572. The SMILES string of the molecule is Cc1cc(C(=O)N[C@H](C)CCc2ccccc2)c(C)o1. The van der Waals surface area contributed by atoms with Crippen molar-refractivity contribution in [3.05, 3.63) is 59.0 Å². The lowest BCUT2D eigenvalue weighted by atomic mass is 10.1. The van der Waals surface area contributed by atoms with Crippen molar-refractivity contribution in [2.75, 3.05) is 0 Å². The van der Waals surface area contributed by atoms with Crippen LogP contribution in [0.4, 0.5) is 0 Å². The Labute approximate surface area is 120 Å². The van der Waals surface area contributed by atoms with E-state index in [2.05, 4.69) is 17.4 Å². The molecule has 3 nitrogen and oxygen atoms in total. The topological polar surface area (TPSA) is 42.2 Å². The Hall–Kier alpha value is -2.03. The van der Waals surface area contributed by atoms with E-state index in [9.17, 15) is 4.79 Å². The third-order valence-electron chi connectivity index (χ3n) is 3.37. The zero-order chi connectivity index (χ0) is 14.5. The first kappa shape index (κ1) is 14.4. The van der Waals surface area contributed by atoms with Gasteiger partial charge in [-0.2, -0.15) is 0 Å². The molecule has 1 aromatic carbocycles. The van der Waals surface area contributed by atoms with E-state index >= 15 is 0 Å². The molecule has 106 valence electrons. The molecule has 0 aliphatic carbocycles. The molecule has 0 radical (unpaired) electrons. The van der Waals surface area contributed by atoms with Crippen LogP contribution in [0, 0.1) is 13.8 Å². The molecule has 0 fully saturated rings. The maximum absolute atomic E-state index is 12.1. The highest BCUT2D eigenvalue weighted by molar-refractivity contribution is 5.95. The smallest absolute Gasteiger partial charge is 0.255 e. The monoisotopic (exact) mass is 271 g/mol. The van der Waals surface area contributed by atoms with Crippen molar-refractivity contribution in [3.63, 3.8) is 0 Å². The normalized spacial score (nSPS) is 12.2. The molecule has 0 bridgehead atoms. The van der Waals surface area contributed by atoms with Crippen LogP contribution < -0.4 is 5.32 Å². The van der Waals surface area contributed by atoms with Gasteiger partial charge in [0.2, 0.25) is 0 Å². The van der Waals surface area contributed by atoms with Gasteiger partial charge in [-0.3, -0.25) is 4.79 Å². The largest absolute Gasteiger partial charge is 0.466 e. The Balaban J connectivity index is 1.87. The van der Waals surface area contributed by atoms with Crippen LogP contribution in [0.2, 0.25) is 0 Å². The summed E-state index contributed by atoms with van der Waals surface area (Å²) in [6.07, 6.45) is 1.89. The van der Waals surface area contributed by atoms with Gasteiger partial charge in [-0.15, -0.1) is 0 Å². The number of aryl methyl sites for hydroxylation is 3. The summed E-state index contributed by atoms with van der Waals surface area (Å²) in [7, 11) is 0. The number of carbonyl (C=O) groups excluding carboxylic acids is 1. The first-order chi connectivity index (χ1) is 9.56. The maximum Gasteiger partial charge on any atom is 0.255 e. The van der Waals surface area contributed by atoms with Gasteiger partial charge < -0.3 is 9.73 Å². The Morgan fingerprint density at radius 3 is 2.55 bits per heavy atom. The van der Waals surface area contributed by atoms with Crippen molar-refractivity contribution in [1.29, 1.82) is 0 Å². The van der Waals surface area contributed by atoms with Crippen molar-refractivity contribution in [1.82, 2.24) is 5.32 Å². The fourth-order valence-corrected chi connectivity index (χ4v) is 2.26. The van der Waals surface area contributed by atoms with E-state index in [0.29, 0.717) is 11.3 Å². The number of hydrogen-bond acceptors (Lipinski definition) is 2. The molecule has 1 N–H and O–H groups in total. The summed E-state index contributed by atoms with van der Waals surface area (Å²) in [4.78, 5) is 12.1. The highest BCUT2D eigenvalue weighted by Gasteiger charge is 2.15. The summed E-state index contributed by atoms with van der Waals surface area (Å²) in [6.45, 7) is 5.70. The second kappa shape index (κ2) is 6.42. The van der Waals surface area contributed by atoms with Crippen LogP contribution in [0.15, 0.2) is 40.8 Å². The minimum atomic E-state index is -0.0556. The van der Waals surface area contributed by atoms with E-state index in [4.69, 9.17) is 4.42 Å². The molecule has 3 heteroatoms. The predicted molar refractivity (Wildman–Crippen MR) is 79.9 cm³/mol. The van der Waals surface area contributed by atoms with E-state index in [-0.39, 0.29) is 11.9 Å². The van der Waals surface area contributed by atoms with Gasteiger partial charge in [0.25, 0.3) is 5.91 Å². The van der Waals surface area contributed by atoms with Crippen molar-refractivity contribution in [2.45, 2.75) is 39.7 Å². The van der Waals surface area contributed by atoms with Crippen molar-refractivity contribution < 1.29 is 9.21 Å². The standard InChI is InChI=1S/C17H21NO2/c1-12(9-10-15-7-5-4-6-8-15)18-17(19)16-11-13(2)20-14(16)3/h4-8,11-12H,9-10H2,1-3H3,(H,18,19)/t12-/m1/s1. The molecule has 1 heterocycles. The van der Waals surface area contributed by atoms with Crippen LogP contribution in [0.1, 0.15) is 40.8 Å².